The number of hydrogen-bond acceptors (Lipinski definition) is 0. The van der Waals surface area contributed by atoms with Gasteiger partial charge in [-0.3, -0.25) is 9.41 Å². The monoisotopic (exact) mass is 206 g/mol. The van der Waals surface area contributed by atoms with Gasteiger partial charge in [0.1, 0.15) is 0 Å². The second kappa shape index (κ2) is 442. The van der Waals surface area contributed by atoms with Gasteiger partial charge < -0.3 is 14.1 Å². The van der Waals surface area contributed by atoms with Crippen molar-refractivity contribution in [1.29, 1.82) is 0 Å². The maximum atomic E-state index is 0. The predicted molar refractivity (Wildman–Crippen MR) is 19.3 cm³/mol. The molecule has 0 amide bonds. The zero-order valence-corrected chi connectivity index (χ0v) is 6.28. The molecular weight excluding hydrogens is 201 g/mol. The van der Waals surface area contributed by atoms with Crippen molar-refractivity contribution in [2.75, 3.05) is 0 Å². The standard InChI is InChI=1S/Al.5FH.H2Se/h;5*1H;1H2/q+3;;;;;;/p-3. The van der Waals surface area contributed by atoms with Crippen LogP contribution in [-0.2, 0) is 0 Å². The SMILES string of the molecule is F.F.[Al+3].[F-].[F-].[F-].[SeH2]. The van der Waals surface area contributed by atoms with Crippen LogP contribution in [0.4, 0.5) is 9.41 Å². The van der Waals surface area contributed by atoms with E-state index in [9.17, 15) is 0 Å². The van der Waals surface area contributed by atoms with E-state index in [4.69, 9.17) is 0 Å². The minimum absolute atomic E-state index is 0. The summed E-state index contributed by atoms with van der Waals surface area (Å²) in [6.45, 7) is 0. The summed E-state index contributed by atoms with van der Waals surface area (Å²) in [5.74, 6) is 0. The molecule has 0 nitrogen and oxygen atoms in total. The summed E-state index contributed by atoms with van der Waals surface area (Å²) in [5.41, 5.74) is 0. The molecule has 0 atom stereocenters. The topological polar surface area (TPSA) is 0 Å². The molecule has 0 radical (unpaired) electrons. The molecule has 0 bridgehead atoms. The van der Waals surface area contributed by atoms with E-state index in [-0.39, 0.29) is 58.0 Å². The van der Waals surface area contributed by atoms with Gasteiger partial charge in [-0.2, -0.15) is 0 Å². The van der Waals surface area contributed by atoms with Crippen LogP contribution < -0.4 is 14.1 Å². The van der Waals surface area contributed by atoms with Crippen LogP contribution in [-0.4, -0.2) is 34.4 Å². The Morgan fingerprint density at radius 2 is 0.571 bits per heavy atom. The molecule has 7 heteroatoms. The third-order valence-electron chi connectivity index (χ3n) is 0. The molecule has 0 heterocycles. The van der Waals surface area contributed by atoms with E-state index < -0.39 is 0 Å². The predicted octanol–water partition coefficient (Wildman–Crippen LogP) is -9.98. The Bertz CT molecular complexity index is 8.04. The van der Waals surface area contributed by atoms with Gasteiger partial charge in [0.05, 0.1) is 0 Å². The summed E-state index contributed by atoms with van der Waals surface area (Å²) in [6.07, 6.45) is 0. The minimum atomic E-state index is 0. The van der Waals surface area contributed by atoms with Crippen LogP contribution in [0.2, 0.25) is 0 Å². The molecule has 0 rings (SSSR count). The summed E-state index contributed by atoms with van der Waals surface area (Å²) in [4.78, 5) is 0. The van der Waals surface area contributed by atoms with Gasteiger partial charge in [0.15, 0.2) is 0 Å². The molecule has 0 saturated carbocycles. The van der Waals surface area contributed by atoms with E-state index in [1.165, 1.54) is 0 Å². The van der Waals surface area contributed by atoms with Crippen molar-refractivity contribution in [3.05, 3.63) is 0 Å². The first-order chi connectivity index (χ1) is 0. The molecule has 0 aromatic heterocycles. The third kappa shape index (κ3) is 301. The van der Waals surface area contributed by atoms with E-state index >= 15 is 0 Å². The zero-order chi connectivity index (χ0) is 0. The normalized spacial score (nSPS) is 0. The molecule has 0 aliphatic carbocycles. The Kier molecular flexibility index (Phi) is 44400. The van der Waals surface area contributed by atoms with Crippen LogP contribution in [0, 0.1) is 0 Å². The van der Waals surface area contributed by atoms with Crippen LogP contribution in [0.3, 0.4) is 0 Å². The molecule has 0 aromatic carbocycles. The van der Waals surface area contributed by atoms with Crippen LogP contribution in [0.1, 0.15) is 0 Å². The fraction of sp³-hybridized carbons (Fsp3) is 0. The molecule has 0 N–H and O–H groups in total. The number of halogens is 5. The second-order valence-corrected chi connectivity index (χ2v) is 0. The van der Waals surface area contributed by atoms with Gasteiger partial charge >= 0.3 is 34.4 Å². The van der Waals surface area contributed by atoms with Gasteiger partial charge in [0.2, 0.25) is 0 Å². The van der Waals surface area contributed by atoms with Crippen molar-refractivity contribution >= 4 is 34.4 Å². The summed E-state index contributed by atoms with van der Waals surface area (Å²) in [5, 5.41) is 0. The average Bonchev–Trinajstić information content (AvgIpc) is 0. The van der Waals surface area contributed by atoms with Gasteiger partial charge in [0.25, 0.3) is 0 Å². The van der Waals surface area contributed by atoms with E-state index in [1.54, 1.807) is 0 Å². The molecule has 0 aromatic rings. The van der Waals surface area contributed by atoms with Crippen LogP contribution >= 0.6 is 0 Å². The van der Waals surface area contributed by atoms with Crippen molar-refractivity contribution < 1.29 is 23.5 Å². The van der Waals surface area contributed by atoms with Gasteiger partial charge in [-0.05, 0) is 0 Å². The van der Waals surface area contributed by atoms with E-state index in [2.05, 4.69) is 0 Å². The van der Waals surface area contributed by atoms with Crippen LogP contribution in [0.25, 0.3) is 0 Å². The van der Waals surface area contributed by atoms with Gasteiger partial charge in [-0.1, -0.05) is 0 Å². The fourth-order valence-corrected chi connectivity index (χ4v) is 0. The Balaban J connectivity index is 0. The van der Waals surface area contributed by atoms with Gasteiger partial charge in [0, 0.05) is 0 Å². The maximum absolute atomic E-state index is 0. The Morgan fingerprint density at radius 3 is 0.571 bits per heavy atom. The molecule has 0 aliphatic heterocycles. The number of rotatable bonds is 0. The first-order valence-electron chi connectivity index (χ1n) is 0. The molecule has 7 heavy (non-hydrogen) atoms. The fourth-order valence-electron chi connectivity index (χ4n) is 0. The quantitative estimate of drug-likeness (QED) is 0.272. The van der Waals surface area contributed by atoms with Crippen molar-refractivity contribution in [1.82, 2.24) is 0 Å². The molecule has 0 saturated heterocycles. The Hall–Kier alpha value is 0.702. The van der Waals surface area contributed by atoms with Gasteiger partial charge in [-0.25, -0.2) is 0 Å². The summed E-state index contributed by atoms with van der Waals surface area (Å²) >= 11 is 0. The summed E-state index contributed by atoms with van der Waals surface area (Å²) in [7, 11) is 0. The molecule has 0 aliphatic rings. The molecule has 48 valence electrons. The Morgan fingerprint density at radius 1 is 0.571 bits per heavy atom. The average molecular weight is 205 g/mol. The Labute approximate surface area is 58.5 Å². The summed E-state index contributed by atoms with van der Waals surface area (Å²) in [6, 6.07) is 0. The molecule has 0 fully saturated rings. The van der Waals surface area contributed by atoms with Crippen molar-refractivity contribution in [3.63, 3.8) is 0 Å². The molecule has 0 spiro atoms. The van der Waals surface area contributed by atoms with Crippen molar-refractivity contribution in [2.24, 2.45) is 0 Å². The van der Waals surface area contributed by atoms with Crippen LogP contribution in [0.15, 0.2) is 0 Å². The van der Waals surface area contributed by atoms with E-state index in [0.29, 0.717) is 0 Å². The third-order valence-corrected chi connectivity index (χ3v) is 0. The number of hydrogen-bond donors (Lipinski definition) is 0. The van der Waals surface area contributed by atoms with E-state index in [0.717, 1.165) is 0 Å². The zero-order valence-electron chi connectivity index (χ0n) is 3.03. The first-order valence-corrected chi connectivity index (χ1v) is 0. The summed E-state index contributed by atoms with van der Waals surface area (Å²) < 4.78 is 0. The molecular formula is H4AlF5Se. The first kappa shape index (κ1) is 702. The van der Waals surface area contributed by atoms with Crippen LogP contribution in [0.5, 0.6) is 0 Å². The van der Waals surface area contributed by atoms with Crippen molar-refractivity contribution in [3.8, 4) is 0 Å². The second-order valence-electron chi connectivity index (χ2n) is 0. The van der Waals surface area contributed by atoms with Crippen molar-refractivity contribution in [2.45, 2.75) is 0 Å². The van der Waals surface area contributed by atoms with E-state index in [1.807, 2.05) is 0 Å². The molecule has 0 unspecified atom stereocenters. The van der Waals surface area contributed by atoms with Gasteiger partial charge in [-0.15, -0.1) is 0 Å².